The van der Waals surface area contributed by atoms with Gasteiger partial charge >= 0.3 is 0 Å². The van der Waals surface area contributed by atoms with Gasteiger partial charge in [0.2, 0.25) is 0 Å². The molecule has 0 aliphatic carbocycles. The van der Waals surface area contributed by atoms with Gasteiger partial charge in [0.15, 0.2) is 0 Å². The lowest BCUT2D eigenvalue weighted by Crippen LogP contribution is -2.44. The van der Waals surface area contributed by atoms with Crippen LogP contribution >= 0.6 is 11.6 Å². The smallest absolute Gasteiger partial charge is 0.294 e. The van der Waals surface area contributed by atoms with Gasteiger partial charge in [0, 0.05) is 77.0 Å². The first-order valence-corrected chi connectivity index (χ1v) is 16.6. The van der Waals surface area contributed by atoms with E-state index in [1.165, 1.54) is 11.3 Å². The Bertz CT molecular complexity index is 1630. The van der Waals surface area contributed by atoms with Crippen molar-refractivity contribution in [3.05, 3.63) is 94.0 Å². The molecule has 248 valence electrons. The number of carbonyl (C=O) groups excluding carboxylic acids is 3. The quantitative estimate of drug-likeness (QED) is 0.185. The van der Waals surface area contributed by atoms with Crippen molar-refractivity contribution in [3.8, 4) is 0 Å². The maximum Gasteiger partial charge on any atom is 0.294 e. The Hall–Kier alpha value is -4.12. The molecular weight excluding hydrogens is 614 g/mol. The van der Waals surface area contributed by atoms with E-state index in [0.717, 1.165) is 69.0 Å². The minimum absolute atomic E-state index is 0.172. The fourth-order valence-corrected chi connectivity index (χ4v) is 6.17. The molecule has 2 saturated heterocycles. The maximum atomic E-state index is 13.4. The number of nitrogens with zero attached hydrogens (tertiary/aromatic N) is 6. The minimum Gasteiger partial charge on any atom is -0.367 e. The largest absolute Gasteiger partial charge is 0.367 e. The standard InChI is InChI=1S/C36H44ClN7O3/c1-25(24-43-14-8-5-9-15-43)35(46)40-31-20-26(12-13-32(31)44-18-16-42(4)17-19-44)21-33-38-23-29(37)30(39-33)22-27-10-6-7-11-28(27)34(45)36(47)41(2)3/h6-7,10-13,20,23H,1,5,8-9,14-19,21-22,24H2,2-4H3,(H,40,46). The highest BCUT2D eigenvalue weighted by atomic mass is 35.5. The summed E-state index contributed by atoms with van der Waals surface area (Å²) in [5.74, 6) is -0.791. The lowest BCUT2D eigenvalue weighted by atomic mass is 9.99. The van der Waals surface area contributed by atoms with E-state index in [1.54, 1.807) is 38.5 Å². The van der Waals surface area contributed by atoms with Gasteiger partial charge in [-0.2, -0.15) is 0 Å². The van der Waals surface area contributed by atoms with E-state index in [2.05, 4.69) is 44.7 Å². The molecule has 0 bridgehead atoms. The second-order valence-corrected chi connectivity index (χ2v) is 13.1. The second-order valence-electron chi connectivity index (χ2n) is 12.7. The van der Waals surface area contributed by atoms with Gasteiger partial charge in [-0.05, 0) is 56.2 Å². The topological polar surface area (TPSA) is 102 Å². The Kier molecular flexibility index (Phi) is 11.4. The summed E-state index contributed by atoms with van der Waals surface area (Å²) in [4.78, 5) is 56.2. The number of carbonyl (C=O) groups is 3. The number of likely N-dealkylation sites (tertiary alicyclic amines) is 1. The zero-order valence-corrected chi connectivity index (χ0v) is 28.4. The van der Waals surface area contributed by atoms with Crippen LogP contribution in [-0.4, -0.2) is 109 Å². The number of ketones is 1. The summed E-state index contributed by atoms with van der Waals surface area (Å²) in [7, 11) is 5.22. The first-order valence-electron chi connectivity index (χ1n) is 16.2. The van der Waals surface area contributed by atoms with Gasteiger partial charge in [-0.3, -0.25) is 19.3 Å². The molecular formula is C36H44ClN7O3. The summed E-state index contributed by atoms with van der Waals surface area (Å²) < 4.78 is 0. The molecule has 0 unspecified atom stereocenters. The van der Waals surface area contributed by atoms with Crippen LogP contribution in [0.4, 0.5) is 11.4 Å². The van der Waals surface area contributed by atoms with E-state index in [-0.39, 0.29) is 12.3 Å². The molecule has 1 N–H and O–H groups in total. The van der Waals surface area contributed by atoms with Crippen molar-refractivity contribution in [2.45, 2.75) is 32.1 Å². The molecule has 2 aliphatic heterocycles. The van der Waals surface area contributed by atoms with Gasteiger partial charge in [0.25, 0.3) is 17.6 Å². The van der Waals surface area contributed by atoms with Crippen LogP contribution in [0.15, 0.2) is 60.8 Å². The molecule has 3 heterocycles. The third-order valence-electron chi connectivity index (χ3n) is 8.79. The van der Waals surface area contributed by atoms with E-state index in [4.69, 9.17) is 16.6 Å². The average molecular weight is 658 g/mol. The number of Topliss-reactive ketones (excluding diaryl/α,β-unsaturated/α-hetero) is 1. The Morgan fingerprint density at radius 3 is 2.40 bits per heavy atom. The molecule has 5 rings (SSSR count). The summed E-state index contributed by atoms with van der Waals surface area (Å²) in [6.07, 6.45) is 5.78. The predicted octanol–water partition coefficient (Wildman–Crippen LogP) is 4.31. The summed E-state index contributed by atoms with van der Waals surface area (Å²) in [5, 5.41) is 3.55. The highest BCUT2D eigenvalue weighted by Gasteiger charge is 2.23. The Morgan fingerprint density at radius 1 is 0.957 bits per heavy atom. The number of aromatic nitrogens is 2. The lowest BCUT2D eigenvalue weighted by molar-refractivity contribution is -0.124. The van der Waals surface area contributed by atoms with Gasteiger partial charge in [-0.25, -0.2) is 9.97 Å². The third kappa shape index (κ3) is 8.82. The monoisotopic (exact) mass is 657 g/mol. The van der Waals surface area contributed by atoms with Crippen LogP contribution in [0, 0.1) is 0 Å². The first kappa shape index (κ1) is 34.2. The normalized spacial score (nSPS) is 15.7. The van der Waals surface area contributed by atoms with Crippen molar-refractivity contribution in [3.63, 3.8) is 0 Å². The van der Waals surface area contributed by atoms with Gasteiger partial charge in [-0.15, -0.1) is 0 Å². The SMILES string of the molecule is C=C(CN1CCCCC1)C(=O)Nc1cc(Cc2ncc(Cl)c(Cc3ccccc3C(=O)C(=O)N(C)C)n2)ccc1N1CCN(C)CC1. The van der Waals surface area contributed by atoms with Crippen LogP contribution in [0.2, 0.25) is 5.02 Å². The zero-order valence-electron chi connectivity index (χ0n) is 27.6. The Balaban J connectivity index is 1.37. The summed E-state index contributed by atoms with van der Waals surface area (Å²) >= 11 is 6.54. The number of benzene rings is 2. The van der Waals surface area contributed by atoms with Crippen LogP contribution in [0.1, 0.15) is 52.3 Å². The average Bonchev–Trinajstić information content (AvgIpc) is 3.07. The zero-order chi connectivity index (χ0) is 33.5. The van der Waals surface area contributed by atoms with Crippen molar-refractivity contribution in [2.75, 3.05) is 77.2 Å². The molecule has 10 nitrogen and oxygen atoms in total. The molecule has 0 radical (unpaired) electrons. The van der Waals surface area contributed by atoms with Crippen LogP contribution in [0.25, 0.3) is 0 Å². The van der Waals surface area contributed by atoms with Crippen LogP contribution in [-0.2, 0) is 22.4 Å². The number of hydrogen-bond acceptors (Lipinski definition) is 8. The van der Waals surface area contributed by atoms with Gasteiger partial charge in [-0.1, -0.05) is 54.9 Å². The highest BCUT2D eigenvalue weighted by molar-refractivity contribution is 6.43. The fraction of sp³-hybridized carbons (Fsp3) is 0.417. The Morgan fingerprint density at radius 2 is 1.68 bits per heavy atom. The molecule has 47 heavy (non-hydrogen) atoms. The number of piperazine rings is 1. The molecule has 0 spiro atoms. The molecule has 0 atom stereocenters. The fourth-order valence-electron chi connectivity index (χ4n) is 6.02. The number of rotatable bonds is 11. The molecule has 11 heteroatoms. The van der Waals surface area contributed by atoms with E-state index in [1.807, 2.05) is 18.2 Å². The number of anilines is 2. The minimum atomic E-state index is -0.593. The molecule has 2 aliphatic rings. The van der Waals surface area contributed by atoms with Crippen molar-refractivity contribution >= 4 is 40.6 Å². The van der Waals surface area contributed by atoms with Gasteiger partial charge in [0.05, 0.1) is 22.1 Å². The van der Waals surface area contributed by atoms with Gasteiger partial charge in [0.1, 0.15) is 5.82 Å². The third-order valence-corrected chi connectivity index (χ3v) is 9.10. The molecule has 2 amide bonds. The van der Waals surface area contributed by atoms with Gasteiger partial charge < -0.3 is 20.0 Å². The number of halogens is 1. The highest BCUT2D eigenvalue weighted by Crippen LogP contribution is 2.30. The Labute approximate surface area is 282 Å². The van der Waals surface area contributed by atoms with Crippen molar-refractivity contribution in [1.29, 1.82) is 0 Å². The molecule has 0 saturated carbocycles. The van der Waals surface area contributed by atoms with E-state index >= 15 is 0 Å². The van der Waals surface area contributed by atoms with Crippen molar-refractivity contribution < 1.29 is 14.4 Å². The van der Waals surface area contributed by atoms with E-state index in [0.29, 0.717) is 46.2 Å². The first-order chi connectivity index (χ1) is 22.6. The summed E-state index contributed by atoms with van der Waals surface area (Å²) in [5.41, 5.74) is 4.75. The molecule has 3 aromatic rings. The predicted molar refractivity (Wildman–Crippen MR) is 186 cm³/mol. The number of hydrogen-bond donors (Lipinski definition) is 1. The van der Waals surface area contributed by atoms with E-state index < -0.39 is 11.7 Å². The number of piperidine rings is 1. The van der Waals surface area contributed by atoms with Crippen molar-refractivity contribution in [1.82, 2.24) is 24.7 Å². The molecule has 2 aromatic carbocycles. The van der Waals surface area contributed by atoms with Crippen LogP contribution in [0.3, 0.4) is 0 Å². The summed E-state index contributed by atoms with van der Waals surface area (Å²) in [6, 6.07) is 13.1. The number of amides is 2. The molecule has 2 fully saturated rings. The summed E-state index contributed by atoms with van der Waals surface area (Å²) in [6.45, 7) is 10.3. The maximum absolute atomic E-state index is 13.4. The lowest BCUT2D eigenvalue weighted by Gasteiger charge is -2.35. The van der Waals surface area contributed by atoms with Crippen LogP contribution < -0.4 is 10.2 Å². The van der Waals surface area contributed by atoms with Crippen LogP contribution in [0.5, 0.6) is 0 Å². The molecule has 1 aromatic heterocycles. The second kappa shape index (κ2) is 15.6. The number of nitrogens with one attached hydrogen (secondary N) is 1. The van der Waals surface area contributed by atoms with Crippen molar-refractivity contribution in [2.24, 2.45) is 0 Å². The number of likely N-dealkylation sites (N-methyl/N-ethyl adjacent to an activating group) is 2. The van der Waals surface area contributed by atoms with E-state index in [9.17, 15) is 14.4 Å².